The minimum absolute atomic E-state index is 0.00730. The maximum atomic E-state index is 13.1. The van der Waals surface area contributed by atoms with Gasteiger partial charge in [-0.25, -0.2) is 4.98 Å². The zero-order valence-corrected chi connectivity index (χ0v) is 18.8. The lowest BCUT2D eigenvalue weighted by atomic mass is 9.95. The van der Waals surface area contributed by atoms with Gasteiger partial charge in [0.05, 0.1) is 11.7 Å². The van der Waals surface area contributed by atoms with Gasteiger partial charge in [-0.05, 0) is 56.9 Å². The number of hydrogen-bond acceptors (Lipinski definition) is 5. The Morgan fingerprint density at radius 3 is 2.52 bits per heavy atom. The minimum Gasteiger partial charge on any atom is -0.343 e. The summed E-state index contributed by atoms with van der Waals surface area (Å²) in [6.45, 7) is 3.40. The lowest BCUT2D eigenvalue weighted by molar-refractivity contribution is -0.140. The van der Waals surface area contributed by atoms with E-state index in [1.807, 2.05) is 9.80 Å². The average molecular weight is 443 g/mol. The first-order valence-electron chi connectivity index (χ1n) is 11.7. The maximum Gasteiger partial charge on any atom is 0.262 e. The largest absolute Gasteiger partial charge is 0.343 e. The maximum absolute atomic E-state index is 13.1. The first-order chi connectivity index (χ1) is 15.1. The van der Waals surface area contributed by atoms with Crippen molar-refractivity contribution in [2.45, 2.75) is 64.3 Å². The highest BCUT2D eigenvalue weighted by molar-refractivity contribution is 7.18. The van der Waals surface area contributed by atoms with Crippen LogP contribution in [0.5, 0.6) is 0 Å². The summed E-state index contributed by atoms with van der Waals surface area (Å²) in [5.41, 5.74) is 1.18. The second kappa shape index (κ2) is 8.73. The van der Waals surface area contributed by atoms with Crippen LogP contribution in [0.4, 0.5) is 0 Å². The number of nitrogens with zero attached hydrogens (tertiary/aromatic N) is 4. The second-order valence-corrected chi connectivity index (χ2v) is 10.2. The van der Waals surface area contributed by atoms with Crippen molar-refractivity contribution >= 4 is 33.4 Å². The van der Waals surface area contributed by atoms with Gasteiger partial charge in [-0.15, -0.1) is 11.3 Å². The van der Waals surface area contributed by atoms with E-state index in [-0.39, 0.29) is 23.3 Å². The smallest absolute Gasteiger partial charge is 0.262 e. The average Bonchev–Trinajstić information content (AvgIpc) is 3.46. The monoisotopic (exact) mass is 442 g/mol. The number of hydrogen-bond donors (Lipinski definition) is 0. The number of aryl methyl sites for hydroxylation is 3. The fourth-order valence-electron chi connectivity index (χ4n) is 5.29. The Bertz CT molecular complexity index is 1050. The summed E-state index contributed by atoms with van der Waals surface area (Å²) in [7, 11) is 0. The molecule has 5 rings (SSSR count). The van der Waals surface area contributed by atoms with Crippen molar-refractivity contribution in [1.29, 1.82) is 0 Å². The van der Waals surface area contributed by atoms with Gasteiger partial charge >= 0.3 is 0 Å². The number of likely N-dealkylation sites (tertiary alicyclic amines) is 2. The normalized spacial score (nSPS) is 19.7. The van der Waals surface area contributed by atoms with E-state index in [1.54, 1.807) is 22.2 Å². The zero-order chi connectivity index (χ0) is 21.4. The van der Waals surface area contributed by atoms with Crippen LogP contribution in [0.25, 0.3) is 10.2 Å². The highest BCUT2D eigenvalue weighted by Crippen LogP contribution is 2.33. The Kier molecular flexibility index (Phi) is 5.82. The van der Waals surface area contributed by atoms with E-state index in [4.69, 9.17) is 0 Å². The number of carbonyl (C=O) groups is 2. The lowest BCUT2D eigenvalue weighted by Crippen LogP contribution is -2.44. The SMILES string of the molecule is O=C(CCn1cnc2sc3c(c2c1=O)CCCC3)N1CCC(C(=O)N2CCCC2)CC1. The molecular weight excluding hydrogens is 412 g/mol. The molecule has 4 heterocycles. The topological polar surface area (TPSA) is 75.5 Å². The van der Waals surface area contributed by atoms with Crippen molar-refractivity contribution in [3.05, 3.63) is 27.1 Å². The van der Waals surface area contributed by atoms with Gasteiger partial charge in [0.25, 0.3) is 5.56 Å². The summed E-state index contributed by atoms with van der Waals surface area (Å²) in [4.78, 5) is 48.9. The van der Waals surface area contributed by atoms with Crippen molar-refractivity contribution in [3.8, 4) is 0 Å². The molecule has 31 heavy (non-hydrogen) atoms. The van der Waals surface area contributed by atoms with Crippen LogP contribution in [-0.2, 0) is 29.0 Å². The fraction of sp³-hybridized carbons (Fsp3) is 0.652. The molecule has 0 N–H and O–H groups in total. The van der Waals surface area contributed by atoms with E-state index in [0.717, 1.165) is 68.3 Å². The van der Waals surface area contributed by atoms with E-state index in [0.29, 0.717) is 26.1 Å². The number of aromatic nitrogens is 2. The number of piperidine rings is 1. The molecule has 1 aliphatic carbocycles. The summed E-state index contributed by atoms with van der Waals surface area (Å²) in [6.07, 6.45) is 9.92. The third-order valence-corrected chi connectivity index (χ3v) is 8.32. The summed E-state index contributed by atoms with van der Waals surface area (Å²) in [5, 5.41) is 0.774. The van der Waals surface area contributed by atoms with Gasteiger partial charge in [0.1, 0.15) is 4.83 Å². The van der Waals surface area contributed by atoms with Crippen molar-refractivity contribution in [1.82, 2.24) is 19.4 Å². The number of rotatable bonds is 4. The Morgan fingerprint density at radius 1 is 1.00 bits per heavy atom. The highest BCUT2D eigenvalue weighted by Gasteiger charge is 2.31. The first-order valence-corrected chi connectivity index (χ1v) is 12.5. The van der Waals surface area contributed by atoms with Crippen LogP contribution in [0.3, 0.4) is 0 Å². The molecule has 2 fully saturated rings. The zero-order valence-electron chi connectivity index (χ0n) is 18.0. The predicted molar refractivity (Wildman–Crippen MR) is 120 cm³/mol. The Hall–Kier alpha value is -2.22. The molecule has 2 aromatic heterocycles. The van der Waals surface area contributed by atoms with Crippen LogP contribution in [0, 0.1) is 5.92 Å². The van der Waals surface area contributed by atoms with Crippen LogP contribution >= 0.6 is 11.3 Å². The molecule has 3 aliphatic rings. The van der Waals surface area contributed by atoms with Crippen molar-refractivity contribution in [2.24, 2.45) is 5.92 Å². The molecule has 0 atom stereocenters. The van der Waals surface area contributed by atoms with Crippen LogP contribution < -0.4 is 5.56 Å². The summed E-state index contributed by atoms with van der Waals surface area (Å²) < 4.78 is 1.60. The fourth-order valence-corrected chi connectivity index (χ4v) is 6.51. The molecule has 2 saturated heterocycles. The Morgan fingerprint density at radius 2 is 1.74 bits per heavy atom. The van der Waals surface area contributed by atoms with Gasteiger partial charge in [-0.3, -0.25) is 19.0 Å². The Balaban J connectivity index is 1.19. The second-order valence-electron chi connectivity index (χ2n) is 9.07. The van der Waals surface area contributed by atoms with Crippen LogP contribution in [0.15, 0.2) is 11.1 Å². The van der Waals surface area contributed by atoms with Gasteiger partial charge in [-0.2, -0.15) is 0 Å². The third kappa shape index (κ3) is 4.02. The molecule has 2 amide bonds. The predicted octanol–water partition coefficient (Wildman–Crippen LogP) is 2.59. The highest BCUT2D eigenvalue weighted by atomic mass is 32.1. The van der Waals surface area contributed by atoms with Crippen LogP contribution in [-0.4, -0.2) is 57.3 Å². The quantitative estimate of drug-likeness (QED) is 0.729. The molecule has 0 spiro atoms. The van der Waals surface area contributed by atoms with E-state index >= 15 is 0 Å². The van der Waals surface area contributed by atoms with Crippen molar-refractivity contribution in [3.63, 3.8) is 0 Å². The first kappa shape index (κ1) is 20.7. The van der Waals surface area contributed by atoms with Gasteiger partial charge in [0, 0.05) is 49.9 Å². The van der Waals surface area contributed by atoms with Crippen molar-refractivity contribution < 1.29 is 9.59 Å². The molecular formula is C23H30N4O3S. The van der Waals surface area contributed by atoms with Crippen LogP contribution in [0.2, 0.25) is 0 Å². The number of carbonyl (C=O) groups excluding carboxylic acids is 2. The summed E-state index contributed by atoms with van der Waals surface area (Å²) >= 11 is 1.65. The summed E-state index contributed by atoms with van der Waals surface area (Å²) in [6, 6.07) is 0. The number of amides is 2. The van der Waals surface area contributed by atoms with E-state index in [2.05, 4.69) is 4.98 Å². The number of thiophene rings is 1. The van der Waals surface area contributed by atoms with Gasteiger partial charge < -0.3 is 9.80 Å². The summed E-state index contributed by atoms with van der Waals surface area (Å²) in [5.74, 6) is 0.391. The van der Waals surface area contributed by atoms with E-state index in [9.17, 15) is 14.4 Å². The molecule has 0 saturated carbocycles. The van der Waals surface area contributed by atoms with Crippen molar-refractivity contribution in [2.75, 3.05) is 26.2 Å². The molecule has 8 heteroatoms. The minimum atomic E-state index is -0.00730. The molecule has 0 unspecified atom stereocenters. The molecule has 2 aliphatic heterocycles. The molecule has 0 aromatic carbocycles. The molecule has 0 radical (unpaired) electrons. The molecule has 0 bridgehead atoms. The van der Waals surface area contributed by atoms with E-state index < -0.39 is 0 Å². The Labute approximate surface area is 186 Å². The van der Waals surface area contributed by atoms with Gasteiger partial charge in [0.2, 0.25) is 11.8 Å². The third-order valence-electron chi connectivity index (χ3n) is 7.12. The van der Waals surface area contributed by atoms with Crippen LogP contribution in [0.1, 0.15) is 55.4 Å². The molecule has 166 valence electrons. The van der Waals surface area contributed by atoms with E-state index in [1.165, 1.54) is 16.9 Å². The van der Waals surface area contributed by atoms with Gasteiger partial charge in [-0.1, -0.05) is 0 Å². The lowest BCUT2D eigenvalue weighted by Gasteiger charge is -2.33. The number of fused-ring (bicyclic) bond motifs is 3. The molecule has 2 aromatic rings. The standard InChI is InChI=1S/C23H30N4O3S/c28-19(25-12-7-16(8-13-25)22(29)26-10-3-4-11-26)9-14-27-15-24-21-20(23(27)30)17-5-1-2-6-18(17)31-21/h15-16H,1-14H2. The molecule has 7 nitrogen and oxygen atoms in total. The van der Waals surface area contributed by atoms with Gasteiger partial charge in [0.15, 0.2) is 0 Å².